The standard InChI is InChI=1S/C13H12N4.2ClH/c14-9-3-1-2-8(6-9)13-16-11-5-4-10(15)7-12(11)17-13;;/h1-7H,14-15H2,(H,16,17);2*1H. The molecule has 4 nitrogen and oxygen atoms in total. The third kappa shape index (κ3) is 2.98. The van der Waals surface area contributed by atoms with Crippen LogP contribution >= 0.6 is 0 Å². The first kappa shape index (κ1) is 15.3. The summed E-state index contributed by atoms with van der Waals surface area (Å²) in [5, 5.41) is 0. The zero-order valence-corrected chi connectivity index (χ0v) is 11.6. The first-order valence-electron chi connectivity index (χ1n) is 5.45. The highest BCUT2D eigenvalue weighted by atomic mass is 35.5. The van der Waals surface area contributed by atoms with Gasteiger partial charge in [0.2, 0.25) is 0 Å². The Morgan fingerprint density at radius 3 is 2.58 bits per heavy atom. The topological polar surface area (TPSA) is 83.6 Å². The van der Waals surface area contributed by atoms with Gasteiger partial charge in [-0.3, -0.25) is 0 Å². The summed E-state index contributed by atoms with van der Waals surface area (Å²) in [5.74, 6) is 0.956. The lowest BCUT2D eigenvalue weighted by atomic mass is 10.2. The highest BCUT2D eigenvalue weighted by Crippen LogP contribution is 2.19. The minimum Gasteiger partial charge on any atom is -1.00 e. The Balaban J connectivity index is 0.000000902. The largest absolute Gasteiger partial charge is 1.00 e. The van der Waals surface area contributed by atoms with E-state index in [1.165, 1.54) is 0 Å². The second kappa shape index (κ2) is 5.93. The number of aromatic nitrogens is 2. The Kier molecular flexibility index (Phi) is 4.78. The SMILES string of the molecule is Nc1cccc(-c2[nH]c3cc([NH3+])ccc3[nH+]2)c1.[Cl-].[Cl-]. The molecule has 0 unspecified atom stereocenters. The number of hydrogen-bond acceptors (Lipinski definition) is 1. The first-order chi connectivity index (χ1) is 8.22. The molecule has 1 heterocycles. The molecule has 6 heteroatoms. The number of fused-ring (bicyclic) bond motifs is 1. The van der Waals surface area contributed by atoms with Gasteiger partial charge in [-0.1, -0.05) is 6.07 Å². The molecule has 0 saturated carbocycles. The van der Waals surface area contributed by atoms with Crippen molar-refractivity contribution in [2.45, 2.75) is 0 Å². The lowest BCUT2D eigenvalue weighted by Crippen LogP contribution is -3.00. The summed E-state index contributed by atoms with van der Waals surface area (Å²) in [6.45, 7) is 0. The molecule has 0 amide bonds. The number of H-pyrrole nitrogens is 2. The zero-order chi connectivity index (χ0) is 11.8. The van der Waals surface area contributed by atoms with Crippen LogP contribution in [0.3, 0.4) is 0 Å². The van der Waals surface area contributed by atoms with Crippen LogP contribution in [0.2, 0.25) is 0 Å². The summed E-state index contributed by atoms with van der Waals surface area (Å²) in [5.41, 5.74) is 14.6. The van der Waals surface area contributed by atoms with Crippen molar-refractivity contribution >= 4 is 22.4 Å². The summed E-state index contributed by atoms with van der Waals surface area (Å²) in [6.07, 6.45) is 0. The second-order valence-corrected chi connectivity index (χ2v) is 4.13. The Labute approximate surface area is 123 Å². The minimum atomic E-state index is 0. The van der Waals surface area contributed by atoms with Crippen molar-refractivity contribution in [1.82, 2.24) is 4.98 Å². The van der Waals surface area contributed by atoms with Crippen molar-refractivity contribution in [3.63, 3.8) is 0 Å². The van der Waals surface area contributed by atoms with Gasteiger partial charge in [0.05, 0.1) is 11.6 Å². The van der Waals surface area contributed by atoms with Crippen LogP contribution < -0.4 is 41.3 Å². The lowest BCUT2D eigenvalue weighted by molar-refractivity contribution is -0.330. The number of aromatic amines is 2. The van der Waals surface area contributed by atoms with Gasteiger partial charge in [0, 0.05) is 11.8 Å². The monoisotopic (exact) mass is 296 g/mol. The van der Waals surface area contributed by atoms with Gasteiger partial charge in [0.15, 0.2) is 11.0 Å². The smallest absolute Gasteiger partial charge is 0.285 e. The molecule has 0 atom stereocenters. The van der Waals surface area contributed by atoms with E-state index in [1.54, 1.807) is 0 Å². The van der Waals surface area contributed by atoms with Crippen LogP contribution in [0.1, 0.15) is 0 Å². The second-order valence-electron chi connectivity index (χ2n) is 4.13. The van der Waals surface area contributed by atoms with Crippen molar-refractivity contribution in [2.24, 2.45) is 0 Å². The number of hydrogen-bond donors (Lipinski definition) is 3. The van der Waals surface area contributed by atoms with Gasteiger partial charge in [-0.25, -0.2) is 9.97 Å². The van der Waals surface area contributed by atoms with Crippen LogP contribution in [-0.4, -0.2) is 4.98 Å². The van der Waals surface area contributed by atoms with Crippen LogP contribution in [0.5, 0.6) is 0 Å². The maximum absolute atomic E-state index is 5.78. The normalized spacial score (nSPS) is 9.74. The third-order valence-electron chi connectivity index (χ3n) is 2.78. The molecule has 0 bridgehead atoms. The molecular weight excluding hydrogens is 283 g/mol. The lowest BCUT2D eigenvalue weighted by Gasteiger charge is -1.93. The maximum Gasteiger partial charge on any atom is 0.285 e. The maximum atomic E-state index is 5.78. The van der Waals surface area contributed by atoms with E-state index in [1.807, 2.05) is 42.5 Å². The molecule has 19 heavy (non-hydrogen) atoms. The molecular formula is C13H14Cl2N4. The molecule has 0 aliphatic carbocycles. The van der Waals surface area contributed by atoms with Gasteiger partial charge in [0.1, 0.15) is 5.69 Å². The van der Waals surface area contributed by atoms with Crippen LogP contribution in [0.25, 0.3) is 22.4 Å². The van der Waals surface area contributed by atoms with E-state index in [0.29, 0.717) is 0 Å². The van der Waals surface area contributed by atoms with Gasteiger partial charge >= 0.3 is 0 Å². The molecule has 0 saturated heterocycles. The van der Waals surface area contributed by atoms with Gasteiger partial charge in [0.25, 0.3) is 5.82 Å². The molecule has 2 aromatic carbocycles. The Morgan fingerprint density at radius 2 is 1.84 bits per heavy atom. The van der Waals surface area contributed by atoms with Crippen molar-refractivity contribution in [1.29, 1.82) is 0 Å². The van der Waals surface area contributed by atoms with Crippen LogP contribution in [0, 0.1) is 0 Å². The van der Waals surface area contributed by atoms with Gasteiger partial charge in [-0.2, -0.15) is 0 Å². The Hall–Kier alpha value is -1.75. The fraction of sp³-hybridized carbons (Fsp3) is 0. The van der Waals surface area contributed by atoms with E-state index in [9.17, 15) is 0 Å². The van der Waals surface area contributed by atoms with Crippen molar-refractivity contribution in [2.75, 3.05) is 5.73 Å². The molecule has 0 aliphatic rings. The quantitative estimate of drug-likeness (QED) is 0.387. The van der Waals surface area contributed by atoms with Crippen LogP contribution in [-0.2, 0) is 0 Å². The summed E-state index contributed by atoms with van der Waals surface area (Å²) in [4.78, 5) is 6.66. The number of halogens is 2. The molecule has 0 fully saturated rings. The van der Waals surface area contributed by atoms with E-state index in [0.717, 1.165) is 33.8 Å². The number of nitrogens with two attached hydrogens (primary N) is 1. The van der Waals surface area contributed by atoms with Crippen molar-refractivity contribution in [3.8, 4) is 11.4 Å². The number of anilines is 1. The highest BCUT2D eigenvalue weighted by Gasteiger charge is 2.12. The number of benzene rings is 2. The highest BCUT2D eigenvalue weighted by molar-refractivity contribution is 5.77. The Morgan fingerprint density at radius 1 is 1.05 bits per heavy atom. The molecule has 7 N–H and O–H groups in total. The van der Waals surface area contributed by atoms with E-state index < -0.39 is 0 Å². The third-order valence-corrected chi connectivity index (χ3v) is 2.78. The van der Waals surface area contributed by atoms with E-state index in [2.05, 4.69) is 15.7 Å². The molecule has 3 rings (SSSR count). The minimum absolute atomic E-state index is 0. The van der Waals surface area contributed by atoms with E-state index >= 15 is 0 Å². The average molecular weight is 297 g/mol. The zero-order valence-electron chi connectivity index (χ0n) is 10.1. The number of imidazole rings is 1. The van der Waals surface area contributed by atoms with Crippen LogP contribution in [0.15, 0.2) is 42.5 Å². The molecule has 0 radical (unpaired) electrons. The van der Waals surface area contributed by atoms with Crippen molar-refractivity contribution in [3.05, 3.63) is 42.5 Å². The fourth-order valence-electron chi connectivity index (χ4n) is 1.94. The molecule has 0 aliphatic heterocycles. The van der Waals surface area contributed by atoms with Crippen molar-refractivity contribution < 1.29 is 35.5 Å². The van der Waals surface area contributed by atoms with Crippen LogP contribution in [0.4, 0.5) is 11.4 Å². The number of rotatable bonds is 1. The summed E-state index contributed by atoms with van der Waals surface area (Å²) < 4.78 is 0. The molecule has 0 spiro atoms. The summed E-state index contributed by atoms with van der Waals surface area (Å²) in [6, 6.07) is 13.8. The fourth-order valence-corrected chi connectivity index (χ4v) is 1.94. The predicted molar refractivity (Wildman–Crippen MR) is 67.3 cm³/mol. The average Bonchev–Trinajstić information content (AvgIpc) is 2.72. The van der Waals surface area contributed by atoms with Gasteiger partial charge in [-0.15, -0.1) is 0 Å². The first-order valence-corrected chi connectivity index (χ1v) is 5.45. The molecule has 100 valence electrons. The summed E-state index contributed by atoms with van der Waals surface area (Å²) >= 11 is 0. The van der Waals surface area contributed by atoms with Gasteiger partial charge in [-0.05, 0) is 24.3 Å². The molecule has 1 aromatic heterocycles. The van der Waals surface area contributed by atoms with E-state index in [4.69, 9.17) is 5.73 Å². The number of nitrogen functional groups attached to an aromatic ring is 1. The summed E-state index contributed by atoms with van der Waals surface area (Å²) in [7, 11) is 0. The Bertz CT molecular complexity index is 694. The van der Waals surface area contributed by atoms with E-state index in [-0.39, 0.29) is 24.8 Å². The number of quaternary nitrogens is 1. The predicted octanol–water partition coefficient (Wildman–Crippen LogP) is -4.89. The van der Waals surface area contributed by atoms with Gasteiger partial charge < -0.3 is 36.3 Å². The molecule has 3 aromatic rings. The number of nitrogens with one attached hydrogen (secondary N) is 2.